The molecule has 0 saturated heterocycles. The number of anilines is 1. The summed E-state index contributed by atoms with van der Waals surface area (Å²) in [6.07, 6.45) is -1.12. The first-order valence-corrected chi connectivity index (χ1v) is 8.12. The third kappa shape index (κ3) is 4.86. The lowest BCUT2D eigenvalue weighted by Gasteiger charge is -2.15. The van der Waals surface area contributed by atoms with Gasteiger partial charge in [-0.3, -0.25) is 4.79 Å². The second-order valence-corrected chi connectivity index (χ2v) is 5.69. The third-order valence-corrected chi connectivity index (χ3v) is 3.62. The molecule has 2 aromatic rings. The van der Waals surface area contributed by atoms with Crippen LogP contribution >= 0.6 is 11.6 Å². The van der Waals surface area contributed by atoms with Crippen LogP contribution in [0.5, 0.6) is 11.5 Å². The van der Waals surface area contributed by atoms with E-state index in [9.17, 15) is 19.1 Å². The average molecular weight is 382 g/mol. The molecule has 0 radical (unpaired) electrons. The van der Waals surface area contributed by atoms with E-state index in [1.54, 1.807) is 6.92 Å². The maximum absolute atomic E-state index is 12.9. The van der Waals surface area contributed by atoms with E-state index in [4.69, 9.17) is 21.1 Å². The molecule has 0 fully saturated rings. The van der Waals surface area contributed by atoms with Gasteiger partial charge < -0.3 is 19.9 Å². The minimum absolute atomic E-state index is 0.0256. The molecule has 1 amide bonds. The van der Waals surface area contributed by atoms with Crippen LogP contribution in [-0.2, 0) is 9.53 Å². The van der Waals surface area contributed by atoms with Crippen LogP contribution in [0.1, 0.15) is 24.2 Å². The van der Waals surface area contributed by atoms with Gasteiger partial charge in [0.1, 0.15) is 5.82 Å². The van der Waals surface area contributed by atoms with Gasteiger partial charge in [-0.1, -0.05) is 11.6 Å². The molecule has 26 heavy (non-hydrogen) atoms. The number of carbonyl (C=O) groups excluding carboxylic acids is 2. The maximum atomic E-state index is 12.9. The molecule has 0 aromatic heterocycles. The Labute approximate surface area is 154 Å². The second-order valence-electron chi connectivity index (χ2n) is 5.28. The first kappa shape index (κ1) is 19.5. The highest BCUT2D eigenvalue weighted by Crippen LogP contribution is 2.35. The van der Waals surface area contributed by atoms with Gasteiger partial charge in [0.25, 0.3) is 5.91 Å². The Morgan fingerprint density at radius 3 is 2.54 bits per heavy atom. The number of phenolic OH excluding ortho intramolecular Hbond substituents is 1. The van der Waals surface area contributed by atoms with E-state index >= 15 is 0 Å². The Bertz CT molecular complexity index is 810. The number of ether oxygens (including phenoxy) is 2. The highest BCUT2D eigenvalue weighted by atomic mass is 35.5. The van der Waals surface area contributed by atoms with Crippen molar-refractivity contribution >= 4 is 29.2 Å². The molecule has 0 unspecified atom stereocenters. The zero-order valence-corrected chi connectivity index (χ0v) is 14.8. The zero-order valence-electron chi connectivity index (χ0n) is 14.1. The fourth-order valence-electron chi connectivity index (χ4n) is 2.02. The molecule has 0 aliphatic carbocycles. The molecule has 0 aliphatic heterocycles. The van der Waals surface area contributed by atoms with Gasteiger partial charge in [-0.05, 0) is 50.2 Å². The van der Waals surface area contributed by atoms with E-state index in [-0.39, 0.29) is 28.7 Å². The number of hydrogen-bond acceptors (Lipinski definition) is 5. The van der Waals surface area contributed by atoms with Gasteiger partial charge in [0.05, 0.1) is 17.2 Å². The Morgan fingerprint density at radius 1 is 1.27 bits per heavy atom. The standard InChI is InChI=1S/C18H17ClFNO5/c1-3-25-15-9-11(8-14(19)16(15)22)18(24)26-10(2)17(23)21-13-6-4-12(20)5-7-13/h4-10,22H,3H2,1-2H3,(H,21,23)/t10-/m1/s1. The first-order chi connectivity index (χ1) is 12.3. The largest absolute Gasteiger partial charge is 0.503 e. The van der Waals surface area contributed by atoms with E-state index in [1.165, 1.54) is 43.3 Å². The summed E-state index contributed by atoms with van der Waals surface area (Å²) in [5.74, 6) is -2.08. The van der Waals surface area contributed by atoms with Crippen molar-refractivity contribution in [3.8, 4) is 11.5 Å². The minimum Gasteiger partial charge on any atom is -0.503 e. The van der Waals surface area contributed by atoms with Crippen molar-refractivity contribution in [2.24, 2.45) is 0 Å². The second kappa shape index (κ2) is 8.53. The first-order valence-electron chi connectivity index (χ1n) is 7.74. The fourth-order valence-corrected chi connectivity index (χ4v) is 2.23. The monoisotopic (exact) mass is 381 g/mol. The summed E-state index contributed by atoms with van der Waals surface area (Å²) >= 11 is 5.87. The SMILES string of the molecule is CCOc1cc(C(=O)O[C@H](C)C(=O)Nc2ccc(F)cc2)cc(Cl)c1O. The van der Waals surface area contributed by atoms with Crippen molar-refractivity contribution in [2.75, 3.05) is 11.9 Å². The number of esters is 1. The molecule has 0 bridgehead atoms. The predicted octanol–water partition coefficient (Wildman–Crippen LogP) is 3.77. The molecule has 2 aromatic carbocycles. The summed E-state index contributed by atoms with van der Waals surface area (Å²) in [6.45, 7) is 3.36. The number of benzene rings is 2. The summed E-state index contributed by atoms with van der Waals surface area (Å²) < 4.78 is 23.2. The molecule has 0 saturated carbocycles. The van der Waals surface area contributed by atoms with Crippen LogP contribution < -0.4 is 10.1 Å². The van der Waals surface area contributed by atoms with E-state index in [1.807, 2.05) is 0 Å². The Kier molecular flexibility index (Phi) is 6.41. The smallest absolute Gasteiger partial charge is 0.339 e. The third-order valence-electron chi connectivity index (χ3n) is 3.33. The highest BCUT2D eigenvalue weighted by molar-refractivity contribution is 6.32. The summed E-state index contributed by atoms with van der Waals surface area (Å²) in [5, 5.41) is 12.2. The van der Waals surface area contributed by atoms with Crippen molar-refractivity contribution in [1.29, 1.82) is 0 Å². The van der Waals surface area contributed by atoms with Crippen LogP contribution in [0.4, 0.5) is 10.1 Å². The van der Waals surface area contributed by atoms with Crippen LogP contribution in [-0.4, -0.2) is 29.7 Å². The van der Waals surface area contributed by atoms with Crippen LogP contribution in [0.3, 0.4) is 0 Å². The van der Waals surface area contributed by atoms with Gasteiger partial charge in [0.15, 0.2) is 17.6 Å². The molecule has 6 nitrogen and oxygen atoms in total. The van der Waals surface area contributed by atoms with Gasteiger partial charge >= 0.3 is 5.97 Å². The van der Waals surface area contributed by atoms with Crippen LogP contribution in [0.25, 0.3) is 0 Å². The molecule has 1 atom stereocenters. The molecular formula is C18H17ClFNO5. The molecule has 0 heterocycles. The number of nitrogens with one attached hydrogen (secondary N) is 1. The summed E-state index contributed by atoms with van der Waals surface area (Å²) in [5.41, 5.74) is 0.392. The van der Waals surface area contributed by atoms with Crippen molar-refractivity contribution < 1.29 is 28.6 Å². The topological polar surface area (TPSA) is 84.9 Å². The Hall–Kier alpha value is -2.80. The van der Waals surface area contributed by atoms with E-state index in [0.29, 0.717) is 5.69 Å². The molecule has 0 spiro atoms. The molecule has 138 valence electrons. The van der Waals surface area contributed by atoms with Gasteiger partial charge in [0.2, 0.25) is 0 Å². The van der Waals surface area contributed by atoms with E-state index < -0.39 is 23.8 Å². The molecule has 2 rings (SSSR count). The summed E-state index contributed by atoms with van der Waals surface area (Å²) in [7, 11) is 0. The molecule has 2 N–H and O–H groups in total. The molecule has 0 aliphatic rings. The van der Waals surface area contributed by atoms with Crippen LogP contribution in [0, 0.1) is 5.82 Å². The lowest BCUT2D eigenvalue weighted by atomic mass is 10.2. The molecular weight excluding hydrogens is 365 g/mol. The predicted molar refractivity (Wildman–Crippen MR) is 94.2 cm³/mol. The van der Waals surface area contributed by atoms with E-state index in [2.05, 4.69) is 5.32 Å². The number of rotatable bonds is 6. The Morgan fingerprint density at radius 2 is 1.92 bits per heavy atom. The average Bonchev–Trinajstić information content (AvgIpc) is 2.60. The highest BCUT2D eigenvalue weighted by Gasteiger charge is 2.21. The summed E-state index contributed by atoms with van der Waals surface area (Å²) in [6, 6.07) is 7.65. The van der Waals surface area contributed by atoms with E-state index in [0.717, 1.165) is 0 Å². The number of halogens is 2. The van der Waals surface area contributed by atoms with Crippen molar-refractivity contribution in [2.45, 2.75) is 20.0 Å². The van der Waals surface area contributed by atoms with Gasteiger partial charge in [-0.15, -0.1) is 0 Å². The zero-order chi connectivity index (χ0) is 19.3. The number of phenols is 1. The fraction of sp³-hybridized carbons (Fsp3) is 0.222. The lowest BCUT2D eigenvalue weighted by Crippen LogP contribution is -2.30. The Balaban J connectivity index is 2.06. The number of amides is 1. The number of carbonyl (C=O) groups is 2. The quantitative estimate of drug-likeness (QED) is 0.744. The minimum atomic E-state index is -1.12. The van der Waals surface area contributed by atoms with Gasteiger partial charge in [-0.2, -0.15) is 0 Å². The van der Waals surface area contributed by atoms with Crippen molar-refractivity contribution in [3.63, 3.8) is 0 Å². The van der Waals surface area contributed by atoms with Gasteiger partial charge in [-0.25, -0.2) is 9.18 Å². The lowest BCUT2D eigenvalue weighted by molar-refractivity contribution is -0.123. The van der Waals surface area contributed by atoms with Gasteiger partial charge in [0, 0.05) is 5.69 Å². The van der Waals surface area contributed by atoms with Crippen molar-refractivity contribution in [1.82, 2.24) is 0 Å². The normalized spacial score (nSPS) is 11.5. The number of aromatic hydroxyl groups is 1. The summed E-state index contributed by atoms with van der Waals surface area (Å²) in [4.78, 5) is 24.3. The number of hydrogen-bond donors (Lipinski definition) is 2. The maximum Gasteiger partial charge on any atom is 0.339 e. The van der Waals surface area contributed by atoms with Crippen LogP contribution in [0.2, 0.25) is 5.02 Å². The van der Waals surface area contributed by atoms with Crippen molar-refractivity contribution in [3.05, 3.63) is 52.8 Å². The van der Waals surface area contributed by atoms with Crippen LogP contribution in [0.15, 0.2) is 36.4 Å². The molecule has 8 heteroatoms.